The minimum atomic E-state index is 0.318. The highest BCUT2D eigenvalue weighted by molar-refractivity contribution is 5.29. The molecule has 110 valence electrons. The van der Waals surface area contributed by atoms with Crippen molar-refractivity contribution in [1.29, 1.82) is 0 Å². The molecule has 1 atom stereocenters. The molecule has 2 aliphatic rings. The number of nitrogens with one attached hydrogen (secondary N) is 1. The van der Waals surface area contributed by atoms with Gasteiger partial charge in [-0.15, -0.1) is 0 Å². The van der Waals surface area contributed by atoms with E-state index in [1.165, 1.54) is 62.7 Å². The predicted octanol–water partition coefficient (Wildman–Crippen LogP) is 3.06. The van der Waals surface area contributed by atoms with E-state index in [1.807, 2.05) is 6.20 Å². The summed E-state index contributed by atoms with van der Waals surface area (Å²) in [6, 6.07) is 2.56. The maximum Gasteiger partial charge on any atom is 0.0522 e. The van der Waals surface area contributed by atoms with Crippen LogP contribution in [0.15, 0.2) is 18.5 Å². The normalized spacial score (nSPS) is 24.1. The van der Waals surface area contributed by atoms with Crippen molar-refractivity contribution in [1.82, 2.24) is 15.2 Å². The van der Waals surface area contributed by atoms with Crippen molar-refractivity contribution < 1.29 is 0 Å². The summed E-state index contributed by atoms with van der Waals surface area (Å²) in [5, 5.41) is 3.64. The third-order valence-corrected chi connectivity index (χ3v) is 5.42. The van der Waals surface area contributed by atoms with Gasteiger partial charge in [-0.3, -0.25) is 9.88 Å². The highest BCUT2D eigenvalue weighted by Crippen LogP contribution is 2.46. The van der Waals surface area contributed by atoms with Crippen molar-refractivity contribution in [3.8, 4) is 0 Å². The number of pyridine rings is 1. The highest BCUT2D eigenvalue weighted by Gasteiger charge is 2.47. The monoisotopic (exact) mass is 273 g/mol. The van der Waals surface area contributed by atoms with Crippen molar-refractivity contribution >= 4 is 0 Å². The lowest BCUT2D eigenvalue weighted by Crippen LogP contribution is -2.53. The molecule has 3 heteroatoms. The highest BCUT2D eigenvalue weighted by atomic mass is 15.2. The Labute approximate surface area is 122 Å². The molecule has 2 heterocycles. The van der Waals surface area contributed by atoms with E-state index in [0.717, 1.165) is 0 Å². The van der Waals surface area contributed by atoms with E-state index >= 15 is 0 Å². The molecule has 0 spiro atoms. The van der Waals surface area contributed by atoms with Crippen LogP contribution in [-0.4, -0.2) is 35.6 Å². The fourth-order valence-electron chi connectivity index (χ4n) is 4.43. The molecule has 3 nitrogen and oxygen atoms in total. The van der Waals surface area contributed by atoms with Gasteiger partial charge in [-0.25, -0.2) is 0 Å². The van der Waals surface area contributed by atoms with Gasteiger partial charge in [0.05, 0.1) is 6.04 Å². The Kier molecular flexibility index (Phi) is 4.08. The zero-order valence-electron chi connectivity index (χ0n) is 12.9. The molecule has 1 N–H and O–H groups in total. The molecule has 1 aliphatic heterocycles. The largest absolute Gasteiger partial charge is 0.311 e. The van der Waals surface area contributed by atoms with E-state index in [4.69, 9.17) is 0 Å². The lowest BCUT2D eigenvalue weighted by atomic mass is 9.81. The Morgan fingerprint density at radius 3 is 2.50 bits per heavy atom. The fraction of sp³-hybridized carbons (Fsp3) is 0.706. The number of hydrogen-bond acceptors (Lipinski definition) is 3. The van der Waals surface area contributed by atoms with Gasteiger partial charge < -0.3 is 5.32 Å². The summed E-state index contributed by atoms with van der Waals surface area (Å²) in [6.07, 6.45) is 12.1. The minimum Gasteiger partial charge on any atom is -0.311 e. The Balaban J connectivity index is 1.98. The van der Waals surface area contributed by atoms with Crippen LogP contribution in [-0.2, 0) is 0 Å². The summed E-state index contributed by atoms with van der Waals surface area (Å²) in [6.45, 7) is 4.77. The molecule has 1 saturated heterocycles. The number of rotatable bonds is 4. The maximum atomic E-state index is 4.38. The first kappa shape index (κ1) is 14.0. The number of likely N-dealkylation sites (N-methyl/N-ethyl adjacent to an activating group) is 1. The number of aryl methyl sites for hydroxylation is 1. The van der Waals surface area contributed by atoms with Gasteiger partial charge >= 0.3 is 0 Å². The molecule has 1 aromatic rings. The molecule has 0 bridgehead atoms. The van der Waals surface area contributed by atoms with Crippen molar-refractivity contribution in [3.05, 3.63) is 29.6 Å². The summed E-state index contributed by atoms with van der Waals surface area (Å²) in [4.78, 5) is 7.16. The molecule has 1 unspecified atom stereocenters. The van der Waals surface area contributed by atoms with Crippen LogP contribution in [0.25, 0.3) is 0 Å². The third kappa shape index (κ3) is 2.27. The number of aromatic nitrogens is 1. The van der Waals surface area contributed by atoms with Crippen LogP contribution >= 0.6 is 0 Å². The summed E-state index contributed by atoms with van der Waals surface area (Å²) in [5.41, 5.74) is 3.08. The number of nitrogens with zero attached hydrogens (tertiary/aromatic N) is 2. The van der Waals surface area contributed by atoms with Crippen molar-refractivity contribution in [3.63, 3.8) is 0 Å². The van der Waals surface area contributed by atoms with E-state index in [-0.39, 0.29) is 0 Å². The zero-order valence-corrected chi connectivity index (χ0v) is 12.9. The molecular weight excluding hydrogens is 246 g/mol. The van der Waals surface area contributed by atoms with Crippen LogP contribution in [0.1, 0.15) is 55.7 Å². The van der Waals surface area contributed by atoms with Crippen LogP contribution < -0.4 is 5.32 Å². The van der Waals surface area contributed by atoms with E-state index < -0.39 is 0 Å². The average molecular weight is 273 g/mol. The number of likely N-dealkylation sites (tertiary alicyclic amines) is 1. The quantitative estimate of drug-likeness (QED) is 0.914. The summed E-state index contributed by atoms with van der Waals surface area (Å²) < 4.78 is 0. The van der Waals surface area contributed by atoms with Crippen molar-refractivity contribution in [2.45, 2.75) is 57.0 Å². The van der Waals surface area contributed by atoms with Crippen LogP contribution in [0.2, 0.25) is 0 Å². The van der Waals surface area contributed by atoms with Crippen LogP contribution in [0.4, 0.5) is 0 Å². The Hall–Kier alpha value is -0.930. The van der Waals surface area contributed by atoms with Crippen molar-refractivity contribution in [2.75, 3.05) is 20.1 Å². The molecule has 3 rings (SSSR count). The standard InChI is InChI=1S/C17H27N3/c1-14-7-10-19-13-15(14)16(18-2)17(8-3-4-9-17)20-11-5-6-12-20/h7,10,13,16,18H,3-6,8-9,11-12H2,1-2H3. The minimum absolute atomic E-state index is 0.318. The molecule has 1 aliphatic carbocycles. The second-order valence-corrected chi connectivity index (χ2v) is 6.46. The topological polar surface area (TPSA) is 28.2 Å². The Morgan fingerprint density at radius 1 is 1.20 bits per heavy atom. The summed E-state index contributed by atoms with van der Waals surface area (Å²) >= 11 is 0. The third-order valence-electron chi connectivity index (χ3n) is 5.42. The molecule has 20 heavy (non-hydrogen) atoms. The average Bonchev–Trinajstić information content (AvgIpc) is 3.12. The Bertz CT molecular complexity index is 445. The molecule has 2 fully saturated rings. The first-order valence-corrected chi connectivity index (χ1v) is 8.11. The van der Waals surface area contributed by atoms with Gasteiger partial charge in [0, 0.05) is 17.9 Å². The predicted molar refractivity (Wildman–Crippen MR) is 82.8 cm³/mol. The van der Waals surface area contributed by atoms with Crippen molar-refractivity contribution in [2.24, 2.45) is 0 Å². The fourth-order valence-corrected chi connectivity index (χ4v) is 4.43. The zero-order chi connectivity index (χ0) is 14.0. The van der Waals surface area contributed by atoms with Crippen LogP contribution in [0.3, 0.4) is 0 Å². The first-order chi connectivity index (χ1) is 9.78. The van der Waals surface area contributed by atoms with Crippen LogP contribution in [0.5, 0.6) is 0 Å². The van der Waals surface area contributed by atoms with Gasteiger partial charge in [0.2, 0.25) is 0 Å². The molecule has 0 amide bonds. The van der Waals surface area contributed by atoms with Gasteiger partial charge in [0.25, 0.3) is 0 Å². The maximum absolute atomic E-state index is 4.38. The van der Waals surface area contributed by atoms with Gasteiger partial charge in [0.1, 0.15) is 0 Å². The molecular formula is C17H27N3. The lowest BCUT2D eigenvalue weighted by Gasteiger charge is -2.45. The van der Waals surface area contributed by atoms with Crippen LogP contribution in [0, 0.1) is 6.92 Å². The van der Waals surface area contributed by atoms with Gasteiger partial charge in [-0.2, -0.15) is 0 Å². The van der Waals surface area contributed by atoms with Gasteiger partial charge in [0.15, 0.2) is 0 Å². The van der Waals surface area contributed by atoms with Gasteiger partial charge in [-0.1, -0.05) is 12.8 Å². The SMILES string of the molecule is CNC(c1cnccc1C)C1(N2CCCC2)CCCC1. The number of hydrogen-bond donors (Lipinski definition) is 1. The smallest absolute Gasteiger partial charge is 0.0522 e. The second kappa shape index (κ2) is 5.82. The summed E-state index contributed by atoms with van der Waals surface area (Å²) in [5.74, 6) is 0. The second-order valence-electron chi connectivity index (χ2n) is 6.46. The van der Waals surface area contributed by atoms with E-state index in [9.17, 15) is 0 Å². The molecule has 1 saturated carbocycles. The molecule has 0 aromatic carbocycles. The first-order valence-electron chi connectivity index (χ1n) is 8.11. The van der Waals surface area contributed by atoms with E-state index in [2.05, 4.69) is 41.4 Å². The summed E-state index contributed by atoms with van der Waals surface area (Å²) in [7, 11) is 2.12. The van der Waals surface area contributed by atoms with E-state index in [1.54, 1.807) is 0 Å². The van der Waals surface area contributed by atoms with E-state index in [0.29, 0.717) is 11.6 Å². The molecule has 1 aromatic heterocycles. The Morgan fingerprint density at radius 2 is 1.90 bits per heavy atom. The molecule has 0 radical (unpaired) electrons. The lowest BCUT2D eigenvalue weighted by molar-refractivity contribution is 0.0792. The van der Waals surface area contributed by atoms with Gasteiger partial charge in [-0.05, 0) is 69.9 Å².